The predicted molar refractivity (Wildman–Crippen MR) is 139 cm³/mol. The summed E-state index contributed by atoms with van der Waals surface area (Å²) in [6, 6.07) is 4.05. The van der Waals surface area contributed by atoms with Gasteiger partial charge < -0.3 is 14.0 Å². The summed E-state index contributed by atoms with van der Waals surface area (Å²) in [5, 5.41) is 18.0. The Morgan fingerprint density at radius 3 is 2.69 bits per heavy atom. The third-order valence-electron chi connectivity index (χ3n) is 6.78. The summed E-state index contributed by atoms with van der Waals surface area (Å²) in [5.41, 5.74) is 2.86. The van der Waals surface area contributed by atoms with Gasteiger partial charge in [0.2, 0.25) is 5.88 Å². The minimum absolute atomic E-state index is 0.00481. The van der Waals surface area contributed by atoms with Crippen molar-refractivity contribution in [2.45, 2.75) is 44.9 Å². The average molecular weight is 509 g/mol. The molecular weight excluding hydrogens is 476 g/mol. The van der Waals surface area contributed by atoms with E-state index in [9.17, 15) is 0 Å². The third-order valence-corrected chi connectivity index (χ3v) is 8.17. The maximum Gasteiger partial charge on any atom is 0.232 e. The molecule has 10 nitrogen and oxygen atoms in total. The summed E-state index contributed by atoms with van der Waals surface area (Å²) in [4.78, 5) is 13.0. The van der Waals surface area contributed by atoms with E-state index in [2.05, 4.69) is 61.3 Å². The average Bonchev–Trinajstić information content (AvgIpc) is 3.57. The first kappa shape index (κ1) is 24.5. The molecule has 1 aliphatic rings. The first-order chi connectivity index (χ1) is 17.4. The van der Waals surface area contributed by atoms with Crippen LogP contribution in [-0.4, -0.2) is 71.3 Å². The van der Waals surface area contributed by atoms with Gasteiger partial charge in [-0.15, -0.1) is 10.2 Å². The van der Waals surface area contributed by atoms with E-state index in [1.54, 1.807) is 6.20 Å². The second kappa shape index (κ2) is 10.0. The van der Waals surface area contributed by atoms with E-state index in [0.717, 1.165) is 54.3 Å². The van der Waals surface area contributed by atoms with Crippen LogP contribution in [0.4, 0.5) is 0 Å². The molecule has 190 valence electrons. The van der Waals surface area contributed by atoms with Gasteiger partial charge in [-0.25, -0.2) is 25.0 Å². The smallest absolute Gasteiger partial charge is 0.232 e. The van der Waals surface area contributed by atoms with Crippen LogP contribution in [0.15, 0.2) is 30.9 Å². The Hall–Kier alpha value is -3.23. The van der Waals surface area contributed by atoms with Crippen molar-refractivity contribution < 1.29 is 9.47 Å². The fourth-order valence-corrected chi connectivity index (χ4v) is 5.50. The van der Waals surface area contributed by atoms with Gasteiger partial charge in [0.05, 0.1) is 30.7 Å². The van der Waals surface area contributed by atoms with Crippen molar-refractivity contribution >= 4 is 26.8 Å². The van der Waals surface area contributed by atoms with Crippen molar-refractivity contribution in [3.63, 3.8) is 0 Å². The van der Waals surface area contributed by atoms with Crippen molar-refractivity contribution in [1.82, 2.24) is 34.1 Å². The highest BCUT2D eigenvalue weighted by Crippen LogP contribution is 2.42. The Labute approximate surface area is 212 Å². The fraction of sp³-hybridized carbons (Fsp3) is 0.520. The van der Waals surface area contributed by atoms with Crippen LogP contribution in [0, 0.1) is 17.2 Å². The van der Waals surface area contributed by atoms with Crippen molar-refractivity contribution in [2.75, 3.05) is 31.1 Å². The molecule has 0 bridgehead atoms. The summed E-state index contributed by atoms with van der Waals surface area (Å²) in [5.74, 6) is 3.06. The molecule has 0 amide bonds. The number of hydrogen-bond acceptors (Lipinski definition) is 8. The molecule has 4 heterocycles. The maximum atomic E-state index is 8.95. The normalized spacial score (nSPS) is 20.7. The van der Waals surface area contributed by atoms with E-state index in [4.69, 9.17) is 14.7 Å². The zero-order valence-corrected chi connectivity index (χ0v) is 22.0. The Kier molecular flexibility index (Phi) is 6.81. The third kappa shape index (κ3) is 5.01. The maximum absolute atomic E-state index is 8.95. The summed E-state index contributed by atoms with van der Waals surface area (Å²) in [7, 11) is -0.581. The lowest BCUT2D eigenvalue weighted by Crippen LogP contribution is -2.13. The molecule has 0 spiro atoms. The quantitative estimate of drug-likeness (QED) is 0.314. The van der Waals surface area contributed by atoms with E-state index in [0.29, 0.717) is 18.5 Å². The molecule has 5 rings (SSSR count). The minimum Gasteiger partial charge on any atom is -0.473 e. The molecule has 3 unspecified atom stereocenters. The van der Waals surface area contributed by atoms with Crippen LogP contribution in [0.2, 0.25) is 0 Å². The van der Waals surface area contributed by atoms with Crippen LogP contribution in [-0.2, 0) is 11.5 Å². The van der Waals surface area contributed by atoms with Crippen LogP contribution in [0.1, 0.15) is 43.6 Å². The molecule has 0 aliphatic heterocycles. The van der Waals surface area contributed by atoms with Crippen LogP contribution in [0.3, 0.4) is 0 Å². The summed E-state index contributed by atoms with van der Waals surface area (Å²) < 4.78 is 16.3. The summed E-state index contributed by atoms with van der Waals surface area (Å²) in [6.45, 7) is 3.41. The monoisotopic (exact) mass is 508 g/mol. The number of ether oxygens (including phenoxy) is 2. The molecule has 1 aliphatic carbocycles. The number of hydrogen-bond donors (Lipinski definition) is 0. The molecule has 36 heavy (non-hydrogen) atoms. The molecule has 0 saturated heterocycles. The number of nitriles is 1. The number of aromatic nitrogens is 7. The van der Waals surface area contributed by atoms with Crippen molar-refractivity contribution in [1.29, 1.82) is 5.26 Å². The minimum atomic E-state index is -0.581. The zero-order chi connectivity index (χ0) is 25.3. The summed E-state index contributed by atoms with van der Waals surface area (Å²) >= 11 is 0. The SMILES string of the molecule is CCC1CC(Oc2cnc(C#N)cn2)CC1c1nnc2cnc3c(ccn3COCCS(C)(C)C)n12. The lowest BCUT2D eigenvalue weighted by atomic mass is 9.93. The van der Waals surface area contributed by atoms with Crippen LogP contribution >= 0.6 is 10.0 Å². The Morgan fingerprint density at radius 2 is 1.97 bits per heavy atom. The molecule has 4 aromatic rings. The van der Waals surface area contributed by atoms with Gasteiger partial charge in [0.15, 0.2) is 17.0 Å². The fourth-order valence-electron chi connectivity index (χ4n) is 4.89. The highest BCUT2D eigenvalue weighted by molar-refractivity contribution is 8.32. The van der Waals surface area contributed by atoms with E-state index >= 15 is 0 Å². The topological polar surface area (TPSA) is 116 Å². The molecule has 0 radical (unpaired) electrons. The van der Waals surface area contributed by atoms with E-state index < -0.39 is 10.0 Å². The van der Waals surface area contributed by atoms with E-state index in [1.807, 2.05) is 16.8 Å². The standard InChI is InChI=1S/C25H32N8O2S/c1-5-17-10-19(35-23-15-27-18(12-26)13-28-23)11-20(17)24-31-30-22-14-29-25-21(33(22)24)6-7-32(25)16-34-8-9-36(2,3)4/h6-7,13-15,17,19-20H,5,8-11,16H2,1-4H3. The summed E-state index contributed by atoms with van der Waals surface area (Å²) in [6.07, 6.45) is 16.4. The van der Waals surface area contributed by atoms with Crippen LogP contribution < -0.4 is 4.74 Å². The van der Waals surface area contributed by atoms with E-state index in [-0.39, 0.29) is 17.7 Å². The number of nitrogens with zero attached hydrogens (tertiary/aromatic N) is 8. The van der Waals surface area contributed by atoms with Crippen molar-refractivity contribution in [2.24, 2.45) is 5.92 Å². The van der Waals surface area contributed by atoms with Gasteiger partial charge in [-0.05, 0) is 43.6 Å². The highest BCUT2D eigenvalue weighted by Gasteiger charge is 2.38. The first-order valence-corrected chi connectivity index (χ1v) is 15.2. The van der Waals surface area contributed by atoms with Crippen LogP contribution in [0.5, 0.6) is 5.88 Å². The Bertz CT molecular complexity index is 1390. The van der Waals surface area contributed by atoms with Crippen LogP contribution in [0.25, 0.3) is 16.8 Å². The molecule has 0 aromatic carbocycles. The molecule has 0 N–H and O–H groups in total. The first-order valence-electron chi connectivity index (χ1n) is 12.2. The van der Waals surface area contributed by atoms with Gasteiger partial charge in [-0.2, -0.15) is 5.26 Å². The number of rotatable bonds is 9. The predicted octanol–water partition coefficient (Wildman–Crippen LogP) is 3.76. The van der Waals surface area contributed by atoms with Gasteiger partial charge in [0.1, 0.15) is 24.7 Å². The van der Waals surface area contributed by atoms with Crippen molar-refractivity contribution in [3.8, 4) is 11.9 Å². The lowest BCUT2D eigenvalue weighted by molar-refractivity contribution is 0.0923. The van der Waals surface area contributed by atoms with Gasteiger partial charge in [-0.3, -0.25) is 4.40 Å². The number of fused-ring (bicyclic) bond motifs is 3. The zero-order valence-electron chi connectivity index (χ0n) is 21.2. The van der Waals surface area contributed by atoms with Gasteiger partial charge in [0, 0.05) is 17.9 Å². The largest absolute Gasteiger partial charge is 0.473 e. The highest BCUT2D eigenvalue weighted by atomic mass is 32.3. The molecule has 1 saturated carbocycles. The molecule has 3 atom stereocenters. The Balaban J connectivity index is 1.37. The lowest BCUT2D eigenvalue weighted by Gasteiger charge is -2.24. The second-order valence-electron chi connectivity index (χ2n) is 10.2. The van der Waals surface area contributed by atoms with Gasteiger partial charge >= 0.3 is 0 Å². The van der Waals surface area contributed by atoms with Crippen molar-refractivity contribution in [3.05, 3.63) is 42.4 Å². The second-order valence-corrected chi connectivity index (χ2v) is 14.8. The molecule has 1 fully saturated rings. The molecule has 11 heteroatoms. The van der Waals surface area contributed by atoms with E-state index in [1.165, 1.54) is 12.4 Å². The molecular formula is C25H32N8O2S. The molecule has 4 aromatic heterocycles. The van der Waals surface area contributed by atoms with Gasteiger partial charge in [0.25, 0.3) is 0 Å². The Morgan fingerprint density at radius 1 is 1.11 bits per heavy atom. The van der Waals surface area contributed by atoms with Gasteiger partial charge in [-0.1, -0.05) is 13.3 Å².